The number of urea groups is 1. The number of rotatable bonds is 3. The molecule has 3 atom stereocenters. The van der Waals surface area contributed by atoms with Crippen LogP contribution in [0.3, 0.4) is 0 Å². The fraction of sp³-hybridized carbons (Fsp3) is 0.643. The molecule has 1 aromatic rings. The molecule has 6 aliphatic rings. The van der Waals surface area contributed by atoms with Gasteiger partial charge >= 0.3 is 6.03 Å². The summed E-state index contributed by atoms with van der Waals surface area (Å²) >= 11 is 0. The van der Waals surface area contributed by atoms with Gasteiger partial charge in [-0.25, -0.2) is 4.79 Å². The predicted octanol–water partition coefficient (Wildman–Crippen LogP) is 3.66. The normalized spacial score (nSPS) is 36.9. The van der Waals surface area contributed by atoms with Crippen LogP contribution in [0.15, 0.2) is 36.4 Å². The number of nitrogens with zero attached hydrogens (tertiary/aromatic N) is 2. The second-order valence-electron chi connectivity index (χ2n) is 11.6. The van der Waals surface area contributed by atoms with E-state index < -0.39 is 0 Å². The molecule has 3 amide bonds. The minimum absolute atomic E-state index is 0.0309. The van der Waals surface area contributed by atoms with E-state index in [1.54, 1.807) is 0 Å². The highest BCUT2D eigenvalue weighted by Gasteiger charge is 2.58. The molecule has 0 spiro atoms. The third-order valence-corrected chi connectivity index (χ3v) is 9.36. The van der Waals surface area contributed by atoms with Crippen molar-refractivity contribution in [3.63, 3.8) is 0 Å². The van der Waals surface area contributed by atoms with Gasteiger partial charge in [-0.05, 0) is 80.3 Å². The number of aliphatic hydroxyl groups is 1. The van der Waals surface area contributed by atoms with Gasteiger partial charge in [0.2, 0.25) is 5.91 Å². The van der Waals surface area contributed by atoms with Crippen molar-refractivity contribution < 1.29 is 14.7 Å². The average molecular weight is 464 g/mol. The highest BCUT2D eigenvalue weighted by molar-refractivity contribution is 5.84. The van der Waals surface area contributed by atoms with Gasteiger partial charge < -0.3 is 20.2 Å². The summed E-state index contributed by atoms with van der Waals surface area (Å²) in [5.74, 6) is 1.39. The predicted molar refractivity (Wildman–Crippen MR) is 131 cm³/mol. The topological polar surface area (TPSA) is 72.9 Å². The molecule has 4 aliphatic carbocycles. The van der Waals surface area contributed by atoms with Crippen molar-refractivity contribution in [1.29, 1.82) is 0 Å². The Morgan fingerprint density at radius 3 is 2.47 bits per heavy atom. The number of carbonyl (C=O) groups is 2. The Morgan fingerprint density at radius 1 is 1.00 bits per heavy atom. The van der Waals surface area contributed by atoms with Crippen LogP contribution in [-0.2, 0) is 4.79 Å². The molecule has 1 saturated heterocycles. The van der Waals surface area contributed by atoms with Gasteiger partial charge in [-0.15, -0.1) is 0 Å². The maximum atomic E-state index is 13.5. The summed E-state index contributed by atoms with van der Waals surface area (Å²) in [6.45, 7) is 2.75. The maximum absolute atomic E-state index is 13.5. The van der Waals surface area contributed by atoms with Crippen LogP contribution in [0.4, 0.5) is 4.79 Å². The van der Waals surface area contributed by atoms with Gasteiger partial charge in [-0.2, -0.15) is 0 Å². The van der Waals surface area contributed by atoms with Crippen molar-refractivity contribution in [3.8, 4) is 0 Å². The number of amides is 3. The van der Waals surface area contributed by atoms with E-state index in [1.807, 2.05) is 15.9 Å². The van der Waals surface area contributed by atoms with Crippen molar-refractivity contribution in [2.24, 2.45) is 23.2 Å². The average Bonchev–Trinajstić information content (AvgIpc) is 2.87. The lowest BCUT2D eigenvalue weighted by molar-refractivity contribution is -0.163. The van der Waals surface area contributed by atoms with Gasteiger partial charge in [-0.3, -0.25) is 4.79 Å². The van der Waals surface area contributed by atoms with Crippen molar-refractivity contribution in [2.45, 2.75) is 63.5 Å². The first-order valence-corrected chi connectivity index (χ1v) is 13.3. The standard InChI is InChI=1S/C28H37N3O3/c32-25-22-13-19-14-23(25)17-28(15-19,16-22)26(33)29-24-7-4-10-31(18-24)27(34)30-11-8-21(9-12-30)20-5-2-1-3-6-20/h1-3,5-6,8,19,22-25,32H,4,7,9-18H2,(H,29,33). The first-order valence-electron chi connectivity index (χ1n) is 13.3. The van der Waals surface area contributed by atoms with E-state index in [0.29, 0.717) is 30.8 Å². The molecule has 0 aromatic heterocycles. The number of hydrogen-bond donors (Lipinski definition) is 2. The van der Waals surface area contributed by atoms with Crippen LogP contribution < -0.4 is 5.32 Å². The van der Waals surface area contributed by atoms with Gasteiger partial charge in [0.15, 0.2) is 0 Å². The van der Waals surface area contributed by atoms with E-state index >= 15 is 0 Å². The van der Waals surface area contributed by atoms with Crippen LogP contribution in [0.5, 0.6) is 0 Å². The molecule has 2 heterocycles. The number of carbonyl (C=O) groups excluding carboxylic acids is 2. The fourth-order valence-electron chi connectivity index (χ4n) is 7.84. The van der Waals surface area contributed by atoms with Crippen molar-refractivity contribution in [1.82, 2.24) is 15.1 Å². The van der Waals surface area contributed by atoms with Gasteiger partial charge in [-0.1, -0.05) is 36.4 Å². The molecule has 2 aliphatic heterocycles. The molecular formula is C28H37N3O3. The maximum Gasteiger partial charge on any atom is 0.320 e. The third kappa shape index (κ3) is 3.94. The zero-order valence-electron chi connectivity index (χ0n) is 20.0. The van der Waals surface area contributed by atoms with Crippen LogP contribution in [-0.4, -0.2) is 65.2 Å². The van der Waals surface area contributed by atoms with E-state index in [9.17, 15) is 14.7 Å². The van der Waals surface area contributed by atoms with Crippen molar-refractivity contribution >= 4 is 17.5 Å². The van der Waals surface area contributed by atoms with E-state index in [0.717, 1.165) is 64.5 Å². The Hall–Kier alpha value is -2.34. The van der Waals surface area contributed by atoms with Crippen LogP contribution in [0.1, 0.15) is 56.9 Å². The Morgan fingerprint density at radius 2 is 1.76 bits per heavy atom. The minimum atomic E-state index is -0.284. The first kappa shape index (κ1) is 22.1. The lowest BCUT2D eigenvalue weighted by atomic mass is 9.48. The zero-order chi connectivity index (χ0) is 23.3. The molecule has 34 heavy (non-hydrogen) atoms. The molecule has 4 saturated carbocycles. The van der Waals surface area contributed by atoms with E-state index in [2.05, 4.69) is 35.7 Å². The van der Waals surface area contributed by atoms with Crippen LogP contribution in [0.2, 0.25) is 0 Å². The number of benzene rings is 1. The molecule has 0 radical (unpaired) electrons. The Labute approximate surface area is 202 Å². The molecule has 182 valence electrons. The first-order chi connectivity index (χ1) is 16.5. The summed E-state index contributed by atoms with van der Waals surface area (Å²) in [5, 5.41) is 13.9. The van der Waals surface area contributed by atoms with Gasteiger partial charge in [0.25, 0.3) is 0 Å². The zero-order valence-corrected chi connectivity index (χ0v) is 20.0. The molecule has 3 unspecified atom stereocenters. The van der Waals surface area contributed by atoms with Gasteiger partial charge in [0.05, 0.1) is 11.5 Å². The van der Waals surface area contributed by atoms with Gasteiger partial charge in [0, 0.05) is 32.2 Å². The van der Waals surface area contributed by atoms with E-state index in [1.165, 1.54) is 11.1 Å². The lowest BCUT2D eigenvalue weighted by Gasteiger charge is -2.58. The molecule has 7 rings (SSSR count). The molecule has 6 nitrogen and oxygen atoms in total. The van der Waals surface area contributed by atoms with Crippen molar-refractivity contribution in [3.05, 3.63) is 42.0 Å². The molecule has 1 aromatic carbocycles. The van der Waals surface area contributed by atoms with Crippen LogP contribution in [0.25, 0.3) is 5.57 Å². The Bertz CT molecular complexity index is 960. The third-order valence-electron chi connectivity index (χ3n) is 9.36. The molecule has 4 bridgehead atoms. The number of nitrogens with one attached hydrogen (secondary N) is 1. The smallest absolute Gasteiger partial charge is 0.320 e. The highest BCUT2D eigenvalue weighted by Crippen LogP contribution is 2.60. The van der Waals surface area contributed by atoms with E-state index in [4.69, 9.17) is 0 Å². The van der Waals surface area contributed by atoms with E-state index in [-0.39, 0.29) is 29.5 Å². The monoisotopic (exact) mass is 463 g/mol. The molecule has 6 heteroatoms. The summed E-state index contributed by atoms with van der Waals surface area (Å²) in [6, 6.07) is 10.5. The number of likely N-dealkylation sites (tertiary alicyclic amines) is 1. The van der Waals surface area contributed by atoms with Crippen LogP contribution in [0, 0.1) is 23.2 Å². The SMILES string of the molecule is O=C(N1CC=C(c2ccccc2)CC1)N1CCCC(NC(=O)C23CC4CC(C2)C(O)C(C4)C3)C1. The summed E-state index contributed by atoms with van der Waals surface area (Å²) in [5.41, 5.74) is 2.27. The summed E-state index contributed by atoms with van der Waals surface area (Å²) in [6.07, 6.45) is 9.56. The Kier molecular flexibility index (Phi) is 5.67. The number of hydrogen-bond acceptors (Lipinski definition) is 3. The summed E-state index contributed by atoms with van der Waals surface area (Å²) in [4.78, 5) is 30.7. The second kappa shape index (κ2) is 8.71. The number of piperidine rings is 1. The quantitative estimate of drug-likeness (QED) is 0.719. The minimum Gasteiger partial charge on any atom is -0.393 e. The lowest BCUT2D eigenvalue weighted by Crippen LogP contribution is -2.61. The highest BCUT2D eigenvalue weighted by atomic mass is 16.3. The largest absolute Gasteiger partial charge is 0.393 e. The second-order valence-corrected chi connectivity index (χ2v) is 11.6. The number of aliphatic hydroxyl groups excluding tert-OH is 1. The summed E-state index contributed by atoms with van der Waals surface area (Å²) in [7, 11) is 0. The molecular weight excluding hydrogens is 426 g/mol. The summed E-state index contributed by atoms with van der Waals surface area (Å²) < 4.78 is 0. The molecule has 5 fully saturated rings. The van der Waals surface area contributed by atoms with Crippen LogP contribution >= 0.6 is 0 Å². The molecule has 2 N–H and O–H groups in total. The Balaban J connectivity index is 1.06. The van der Waals surface area contributed by atoms with Gasteiger partial charge in [0.1, 0.15) is 0 Å². The fourth-order valence-corrected chi connectivity index (χ4v) is 7.84. The van der Waals surface area contributed by atoms with Crippen molar-refractivity contribution in [2.75, 3.05) is 26.2 Å².